The molecule has 1 saturated heterocycles. The van der Waals surface area contributed by atoms with Crippen molar-refractivity contribution >= 4 is 5.91 Å². The molecule has 1 aromatic carbocycles. The number of hydrogen-bond acceptors (Lipinski definition) is 6. The molecule has 0 unspecified atom stereocenters. The van der Waals surface area contributed by atoms with Gasteiger partial charge in [-0.05, 0) is 11.6 Å². The van der Waals surface area contributed by atoms with Gasteiger partial charge in [-0.25, -0.2) is 4.98 Å². The molecule has 0 N–H and O–H groups in total. The molecule has 1 fully saturated rings. The molecule has 1 aliphatic rings. The van der Waals surface area contributed by atoms with Gasteiger partial charge in [-0.1, -0.05) is 41.6 Å². The van der Waals surface area contributed by atoms with E-state index in [0.717, 1.165) is 11.1 Å². The second-order valence-electron chi connectivity index (χ2n) is 7.46. The van der Waals surface area contributed by atoms with Crippen LogP contribution in [0.25, 0.3) is 11.4 Å². The number of carbonyl (C=O) groups is 1. The van der Waals surface area contributed by atoms with Gasteiger partial charge in [-0.3, -0.25) is 9.78 Å². The number of aromatic nitrogens is 5. The Morgan fingerprint density at radius 2 is 1.93 bits per heavy atom. The van der Waals surface area contributed by atoms with Crippen LogP contribution < -0.4 is 0 Å². The first-order valence-electron chi connectivity index (χ1n) is 9.75. The van der Waals surface area contributed by atoms with Crippen molar-refractivity contribution < 1.29 is 9.32 Å². The molecule has 0 bridgehead atoms. The maximum atomic E-state index is 13.0. The van der Waals surface area contributed by atoms with Crippen LogP contribution in [0.15, 0.2) is 71.9 Å². The molecule has 1 amide bonds. The average Bonchev–Trinajstić information content (AvgIpc) is 3.53. The summed E-state index contributed by atoms with van der Waals surface area (Å²) in [5.74, 6) is 0.862. The minimum atomic E-state index is -0.119. The fourth-order valence-corrected chi connectivity index (χ4v) is 3.93. The number of carbonyl (C=O) groups excluding carboxylic acids is 1. The molecule has 0 spiro atoms. The van der Waals surface area contributed by atoms with Crippen molar-refractivity contribution in [3.63, 3.8) is 0 Å². The van der Waals surface area contributed by atoms with Gasteiger partial charge in [0.2, 0.25) is 11.7 Å². The summed E-state index contributed by atoms with van der Waals surface area (Å²) < 4.78 is 7.42. The molecule has 2 atom stereocenters. The van der Waals surface area contributed by atoms with Crippen LogP contribution in [0.1, 0.15) is 33.8 Å². The Morgan fingerprint density at radius 1 is 1.10 bits per heavy atom. The predicted molar refractivity (Wildman–Crippen MR) is 109 cm³/mol. The number of rotatable bonds is 4. The molecule has 150 valence electrons. The van der Waals surface area contributed by atoms with Gasteiger partial charge in [0.1, 0.15) is 5.69 Å². The summed E-state index contributed by atoms with van der Waals surface area (Å²) in [5, 5.41) is 4.17. The van der Waals surface area contributed by atoms with E-state index in [2.05, 4.69) is 20.1 Å². The van der Waals surface area contributed by atoms with Gasteiger partial charge in [0.25, 0.3) is 5.91 Å². The van der Waals surface area contributed by atoms with Gasteiger partial charge in [0, 0.05) is 50.2 Å². The summed E-state index contributed by atoms with van der Waals surface area (Å²) in [6, 6.07) is 13.6. The van der Waals surface area contributed by atoms with E-state index in [1.807, 2.05) is 55.7 Å². The molecule has 4 aromatic rings. The van der Waals surface area contributed by atoms with Gasteiger partial charge < -0.3 is 14.0 Å². The normalized spacial score (nSPS) is 18.6. The zero-order valence-electron chi connectivity index (χ0n) is 16.4. The molecule has 0 radical (unpaired) electrons. The summed E-state index contributed by atoms with van der Waals surface area (Å²) in [7, 11) is 1.85. The van der Waals surface area contributed by atoms with Crippen LogP contribution >= 0.6 is 0 Å². The number of imidazole rings is 1. The van der Waals surface area contributed by atoms with Crippen LogP contribution in [0.2, 0.25) is 0 Å². The summed E-state index contributed by atoms with van der Waals surface area (Å²) >= 11 is 0. The minimum absolute atomic E-state index is 0.00966. The van der Waals surface area contributed by atoms with Crippen molar-refractivity contribution in [2.45, 2.75) is 11.8 Å². The molecule has 3 aromatic heterocycles. The first-order valence-corrected chi connectivity index (χ1v) is 9.75. The molecule has 5 rings (SSSR count). The SMILES string of the molecule is Cn1cnc(C(=O)N2C[C@@H](c3cccnc3)[C@H](c3nc(-c4ccccc4)no3)C2)c1. The van der Waals surface area contributed by atoms with E-state index < -0.39 is 0 Å². The number of likely N-dealkylation sites (tertiary alicyclic amines) is 1. The molecule has 8 nitrogen and oxygen atoms in total. The Kier molecular flexibility index (Phi) is 4.59. The van der Waals surface area contributed by atoms with E-state index in [4.69, 9.17) is 4.52 Å². The molecule has 30 heavy (non-hydrogen) atoms. The number of pyridine rings is 1. The van der Waals surface area contributed by atoms with E-state index in [0.29, 0.717) is 30.5 Å². The maximum Gasteiger partial charge on any atom is 0.274 e. The zero-order chi connectivity index (χ0) is 20.5. The topological polar surface area (TPSA) is 89.9 Å². The summed E-state index contributed by atoms with van der Waals surface area (Å²) in [6.45, 7) is 1.01. The molecular formula is C22H20N6O2. The number of amides is 1. The highest BCUT2D eigenvalue weighted by molar-refractivity contribution is 5.92. The zero-order valence-corrected chi connectivity index (χ0v) is 16.4. The highest BCUT2D eigenvalue weighted by Crippen LogP contribution is 2.39. The highest BCUT2D eigenvalue weighted by atomic mass is 16.5. The van der Waals surface area contributed by atoms with Gasteiger partial charge in [0.15, 0.2) is 0 Å². The van der Waals surface area contributed by atoms with Gasteiger partial charge in [-0.15, -0.1) is 0 Å². The fraction of sp³-hybridized carbons (Fsp3) is 0.227. The van der Waals surface area contributed by atoms with Gasteiger partial charge >= 0.3 is 0 Å². The summed E-state index contributed by atoms with van der Waals surface area (Å²) in [6.07, 6.45) is 6.93. The average molecular weight is 400 g/mol. The molecule has 0 saturated carbocycles. The van der Waals surface area contributed by atoms with E-state index in [-0.39, 0.29) is 17.7 Å². The second-order valence-corrected chi connectivity index (χ2v) is 7.46. The molecule has 8 heteroatoms. The third-order valence-corrected chi connectivity index (χ3v) is 5.43. The van der Waals surface area contributed by atoms with Gasteiger partial charge in [-0.2, -0.15) is 4.98 Å². The van der Waals surface area contributed by atoms with Crippen LogP contribution in [-0.4, -0.2) is 48.6 Å². The van der Waals surface area contributed by atoms with Crippen LogP contribution in [-0.2, 0) is 7.05 Å². The van der Waals surface area contributed by atoms with Crippen molar-refractivity contribution in [3.05, 3.63) is 84.5 Å². The quantitative estimate of drug-likeness (QED) is 0.523. The van der Waals surface area contributed by atoms with Crippen LogP contribution in [0.4, 0.5) is 0 Å². The Balaban J connectivity index is 1.47. The number of aryl methyl sites for hydroxylation is 1. The Hall–Kier alpha value is -3.81. The molecule has 0 aliphatic carbocycles. The lowest BCUT2D eigenvalue weighted by Crippen LogP contribution is -2.29. The highest BCUT2D eigenvalue weighted by Gasteiger charge is 2.41. The first-order chi connectivity index (χ1) is 14.7. The third kappa shape index (κ3) is 3.36. The van der Waals surface area contributed by atoms with E-state index >= 15 is 0 Å². The Labute approximate surface area is 173 Å². The van der Waals surface area contributed by atoms with Crippen LogP contribution in [0, 0.1) is 0 Å². The maximum absolute atomic E-state index is 13.0. The van der Waals surface area contributed by atoms with E-state index in [9.17, 15) is 4.79 Å². The van der Waals surface area contributed by atoms with Crippen molar-refractivity contribution in [2.24, 2.45) is 7.05 Å². The first kappa shape index (κ1) is 18.2. The largest absolute Gasteiger partial charge is 0.340 e. The van der Waals surface area contributed by atoms with Crippen molar-refractivity contribution in [2.75, 3.05) is 13.1 Å². The second kappa shape index (κ2) is 7.55. The van der Waals surface area contributed by atoms with Crippen molar-refractivity contribution in [1.29, 1.82) is 0 Å². The Bertz CT molecular complexity index is 1150. The lowest BCUT2D eigenvalue weighted by molar-refractivity contribution is 0.0782. The molecular weight excluding hydrogens is 380 g/mol. The van der Waals surface area contributed by atoms with Gasteiger partial charge in [0.05, 0.1) is 12.2 Å². The van der Waals surface area contributed by atoms with E-state index in [1.54, 1.807) is 28.2 Å². The standard InChI is InChI=1S/C22H20N6O2/c1-27-13-19(24-14-27)22(29)28-11-17(16-8-5-9-23-10-16)18(12-28)21-25-20(26-30-21)15-6-3-2-4-7-15/h2-10,13-14,17-18H,11-12H2,1H3/t17-,18+/m0/s1. The lowest BCUT2D eigenvalue weighted by Gasteiger charge is -2.15. The van der Waals surface area contributed by atoms with Crippen LogP contribution in [0.3, 0.4) is 0 Å². The Morgan fingerprint density at radius 3 is 2.67 bits per heavy atom. The van der Waals surface area contributed by atoms with Crippen molar-refractivity contribution in [3.8, 4) is 11.4 Å². The number of hydrogen-bond donors (Lipinski definition) is 0. The number of nitrogens with zero attached hydrogens (tertiary/aromatic N) is 6. The number of benzene rings is 1. The minimum Gasteiger partial charge on any atom is -0.340 e. The van der Waals surface area contributed by atoms with Crippen molar-refractivity contribution in [1.82, 2.24) is 29.6 Å². The monoisotopic (exact) mass is 400 g/mol. The smallest absolute Gasteiger partial charge is 0.274 e. The summed E-state index contributed by atoms with van der Waals surface area (Å²) in [4.78, 5) is 27.9. The van der Waals surface area contributed by atoms with E-state index in [1.165, 1.54) is 0 Å². The predicted octanol–water partition coefficient (Wildman–Crippen LogP) is 2.89. The van der Waals surface area contributed by atoms with Crippen LogP contribution in [0.5, 0.6) is 0 Å². The lowest BCUT2D eigenvalue weighted by atomic mass is 9.90. The summed E-state index contributed by atoms with van der Waals surface area (Å²) in [5.41, 5.74) is 2.36. The third-order valence-electron chi connectivity index (χ3n) is 5.43. The molecule has 4 heterocycles. The fourth-order valence-electron chi connectivity index (χ4n) is 3.93. The molecule has 1 aliphatic heterocycles.